The van der Waals surface area contributed by atoms with Crippen molar-refractivity contribution in [3.05, 3.63) is 79.9 Å². The topological polar surface area (TPSA) is 81.5 Å². The van der Waals surface area contributed by atoms with Gasteiger partial charge in [0.1, 0.15) is 12.8 Å². The smallest absolute Gasteiger partial charge is 0.293 e. The van der Waals surface area contributed by atoms with E-state index in [-0.39, 0.29) is 4.77 Å². The Kier molecular flexibility index (Phi) is 6.57. The highest BCUT2D eigenvalue weighted by molar-refractivity contribution is 7.71. The molecule has 0 atom stereocenters. The van der Waals surface area contributed by atoms with Gasteiger partial charge in [0.25, 0.3) is 5.56 Å². The van der Waals surface area contributed by atoms with Gasteiger partial charge in [0.2, 0.25) is 4.77 Å². The second kappa shape index (κ2) is 9.29. The van der Waals surface area contributed by atoms with E-state index in [2.05, 4.69) is 15.3 Å². The van der Waals surface area contributed by atoms with Gasteiger partial charge in [0.15, 0.2) is 11.5 Å². The van der Waals surface area contributed by atoms with Crippen LogP contribution in [0.15, 0.2) is 58.6 Å². The van der Waals surface area contributed by atoms with Gasteiger partial charge in [0.05, 0.1) is 12.8 Å². The first-order chi connectivity index (χ1) is 13.6. The predicted molar refractivity (Wildman–Crippen MR) is 110 cm³/mol. The van der Waals surface area contributed by atoms with Crippen LogP contribution in [-0.2, 0) is 6.61 Å². The Morgan fingerprint density at radius 2 is 2.11 bits per heavy atom. The minimum Gasteiger partial charge on any atom is -0.490 e. The molecule has 28 heavy (non-hydrogen) atoms. The van der Waals surface area contributed by atoms with E-state index < -0.39 is 5.56 Å². The Balaban J connectivity index is 1.81. The third-order valence-corrected chi connectivity index (χ3v) is 4.11. The zero-order valence-corrected chi connectivity index (χ0v) is 16.5. The van der Waals surface area contributed by atoms with E-state index in [4.69, 9.17) is 33.3 Å². The highest BCUT2D eigenvalue weighted by atomic mass is 35.5. The van der Waals surface area contributed by atoms with Crippen LogP contribution in [0.3, 0.4) is 0 Å². The summed E-state index contributed by atoms with van der Waals surface area (Å²) >= 11 is 11.0. The summed E-state index contributed by atoms with van der Waals surface area (Å²) in [6.45, 7) is 2.72. The first-order valence-corrected chi connectivity index (χ1v) is 9.20. The van der Waals surface area contributed by atoms with Gasteiger partial charge in [-0.3, -0.25) is 9.89 Å². The van der Waals surface area contributed by atoms with Gasteiger partial charge < -0.3 is 9.47 Å². The highest BCUT2D eigenvalue weighted by Crippen LogP contribution is 2.29. The first-order valence-electron chi connectivity index (χ1n) is 8.42. The number of aromatic nitrogens is 3. The molecule has 1 aromatic heterocycles. The summed E-state index contributed by atoms with van der Waals surface area (Å²) in [5, 5.41) is 10.9. The number of hydrogen-bond donors (Lipinski definition) is 1. The Hall–Kier alpha value is -2.97. The van der Waals surface area contributed by atoms with Crippen LogP contribution >= 0.6 is 23.8 Å². The zero-order valence-electron chi connectivity index (χ0n) is 15.0. The number of benzene rings is 2. The number of aromatic amines is 1. The van der Waals surface area contributed by atoms with E-state index in [1.807, 2.05) is 31.2 Å². The molecule has 3 rings (SSSR count). The summed E-state index contributed by atoms with van der Waals surface area (Å²) in [5.41, 5.74) is 1.25. The zero-order chi connectivity index (χ0) is 19.9. The van der Waals surface area contributed by atoms with Crippen molar-refractivity contribution in [2.75, 3.05) is 6.61 Å². The second-order valence-electron chi connectivity index (χ2n) is 5.63. The summed E-state index contributed by atoms with van der Waals surface area (Å²) in [4.78, 5) is 11.8. The van der Waals surface area contributed by atoms with Gasteiger partial charge in [-0.25, -0.2) is 0 Å². The van der Waals surface area contributed by atoms with Crippen molar-refractivity contribution in [2.24, 2.45) is 5.10 Å². The maximum Gasteiger partial charge on any atom is 0.293 e. The van der Waals surface area contributed by atoms with E-state index in [1.165, 1.54) is 6.21 Å². The average Bonchev–Trinajstić information content (AvgIpc) is 2.67. The summed E-state index contributed by atoms with van der Waals surface area (Å²) in [5.74, 6) is 1.16. The quantitative estimate of drug-likeness (QED) is 0.467. The fourth-order valence-electron chi connectivity index (χ4n) is 2.36. The molecule has 144 valence electrons. The van der Waals surface area contributed by atoms with Crippen molar-refractivity contribution < 1.29 is 9.47 Å². The summed E-state index contributed by atoms with van der Waals surface area (Å²) in [6.07, 6.45) is 2.61. The third-order valence-electron chi connectivity index (χ3n) is 3.61. The molecule has 0 spiro atoms. The van der Waals surface area contributed by atoms with Crippen molar-refractivity contribution in [1.29, 1.82) is 0 Å². The van der Waals surface area contributed by atoms with Crippen LogP contribution in [0.5, 0.6) is 11.5 Å². The molecule has 2 aromatic carbocycles. The maximum atomic E-state index is 11.8. The average molecular weight is 417 g/mol. The number of hydrogen-bond acceptors (Lipinski definition) is 6. The van der Waals surface area contributed by atoms with E-state index in [0.717, 1.165) is 22.0 Å². The fraction of sp³-hybridized carbons (Fsp3) is 0.158. The normalized spacial score (nSPS) is 10.9. The van der Waals surface area contributed by atoms with Gasteiger partial charge in [-0.15, -0.1) is 0 Å². The molecule has 0 fully saturated rings. The van der Waals surface area contributed by atoms with E-state index in [0.29, 0.717) is 29.7 Å². The molecule has 3 aromatic rings. The monoisotopic (exact) mass is 416 g/mol. The maximum absolute atomic E-state index is 11.8. The molecule has 0 unspecified atom stereocenters. The number of ether oxygens (including phenoxy) is 2. The number of rotatable bonds is 7. The molecule has 0 bridgehead atoms. The largest absolute Gasteiger partial charge is 0.490 e. The van der Waals surface area contributed by atoms with Gasteiger partial charge in [-0.2, -0.15) is 14.9 Å². The molecule has 7 nitrogen and oxygen atoms in total. The minimum atomic E-state index is -0.425. The molecular weight excluding hydrogens is 400 g/mol. The molecule has 0 aliphatic heterocycles. The van der Waals surface area contributed by atoms with Crippen LogP contribution in [0.2, 0.25) is 5.02 Å². The molecule has 1 N–H and O–H groups in total. The molecule has 0 aliphatic carbocycles. The van der Waals surface area contributed by atoms with Gasteiger partial charge >= 0.3 is 0 Å². The lowest BCUT2D eigenvalue weighted by molar-refractivity contribution is 0.269. The van der Waals surface area contributed by atoms with Gasteiger partial charge in [-0.1, -0.05) is 23.7 Å². The molecule has 0 amide bonds. The van der Waals surface area contributed by atoms with Gasteiger partial charge in [0, 0.05) is 5.02 Å². The van der Waals surface area contributed by atoms with Crippen molar-refractivity contribution in [2.45, 2.75) is 13.5 Å². The minimum absolute atomic E-state index is 0.107. The van der Waals surface area contributed by atoms with Crippen LogP contribution in [0.25, 0.3) is 0 Å². The summed E-state index contributed by atoms with van der Waals surface area (Å²) in [6, 6.07) is 12.8. The first kappa shape index (κ1) is 19.8. The lowest BCUT2D eigenvalue weighted by Crippen LogP contribution is -2.18. The molecule has 0 radical (unpaired) electrons. The van der Waals surface area contributed by atoms with Crippen LogP contribution in [0.4, 0.5) is 0 Å². The molecule has 0 saturated carbocycles. The fourth-order valence-corrected chi connectivity index (χ4v) is 2.76. The number of nitrogens with zero attached hydrogens (tertiary/aromatic N) is 3. The lowest BCUT2D eigenvalue weighted by Gasteiger charge is -2.12. The SMILES string of the molecule is CCOc1cc(/C=N\n2c(=O)cn[nH]c2=S)ccc1OCc1cccc(Cl)c1. The lowest BCUT2D eigenvalue weighted by atomic mass is 10.2. The van der Waals surface area contributed by atoms with Crippen LogP contribution in [0, 0.1) is 4.77 Å². The molecular formula is C19H17ClN4O3S. The predicted octanol–water partition coefficient (Wildman–Crippen LogP) is 3.81. The Labute approximate surface area is 171 Å². The molecule has 1 heterocycles. The van der Waals surface area contributed by atoms with Crippen molar-refractivity contribution in [3.8, 4) is 11.5 Å². The Bertz CT molecular complexity index is 1080. The molecule has 9 heteroatoms. The van der Waals surface area contributed by atoms with Crippen molar-refractivity contribution >= 4 is 30.0 Å². The number of nitrogens with one attached hydrogen (secondary N) is 1. The van der Waals surface area contributed by atoms with Gasteiger partial charge in [-0.05, 0) is 60.6 Å². The standard InChI is InChI=1S/C19H17ClN4O3S/c1-2-26-17-9-13(10-22-24-18(25)11-21-23-19(24)28)6-7-16(17)27-12-14-4-3-5-15(20)8-14/h3-11H,2,12H2,1H3,(H,23,28)/b22-10-. The van der Waals surface area contributed by atoms with Crippen LogP contribution in [0.1, 0.15) is 18.1 Å². The van der Waals surface area contributed by atoms with Crippen molar-refractivity contribution in [1.82, 2.24) is 14.9 Å². The second-order valence-corrected chi connectivity index (χ2v) is 6.45. The van der Waals surface area contributed by atoms with Crippen LogP contribution < -0.4 is 15.0 Å². The van der Waals surface area contributed by atoms with E-state index >= 15 is 0 Å². The molecule has 0 saturated heterocycles. The van der Waals surface area contributed by atoms with E-state index in [1.54, 1.807) is 18.2 Å². The summed E-state index contributed by atoms with van der Waals surface area (Å²) < 4.78 is 12.7. The third kappa shape index (κ3) is 5.05. The van der Waals surface area contributed by atoms with Crippen LogP contribution in [-0.4, -0.2) is 27.7 Å². The highest BCUT2D eigenvalue weighted by Gasteiger charge is 2.07. The molecule has 0 aliphatic rings. The number of H-pyrrole nitrogens is 1. The van der Waals surface area contributed by atoms with Crippen molar-refractivity contribution in [3.63, 3.8) is 0 Å². The summed E-state index contributed by atoms with van der Waals surface area (Å²) in [7, 11) is 0. The number of halogens is 1. The Morgan fingerprint density at radius 3 is 2.86 bits per heavy atom. The van der Waals surface area contributed by atoms with E-state index in [9.17, 15) is 4.79 Å². The Morgan fingerprint density at radius 1 is 1.25 bits per heavy atom.